The largest absolute Gasteiger partial charge is 0.478 e. The maximum atomic E-state index is 11.0. The molecular formula is C16H23NO2. The Balaban J connectivity index is 2.08. The molecule has 0 saturated heterocycles. The number of carboxylic acid groups (broad SMARTS) is 1. The van der Waals surface area contributed by atoms with E-state index in [-0.39, 0.29) is 0 Å². The van der Waals surface area contributed by atoms with Gasteiger partial charge in [-0.1, -0.05) is 25.3 Å². The van der Waals surface area contributed by atoms with E-state index in [1.807, 2.05) is 13.0 Å². The fourth-order valence-electron chi connectivity index (χ4n) is 2.91. The maximum absolute atomic E-state index is 11.0. The lowest BCUT2D eigenvalue weighted by Crippen LogP contribution is -2.28. The molecular weight excluding hydrogens is 238 g/mol. The molecule has 3 heteroatoms. The number of carbonyl (C=O) groups is 1. The van der Waals surface area contributed by atoms with Crippen LogP contribution in [0, 0.1) is 12.8 Å². The Hall–Kier alpha value is -1.51. The number of hydrogen-bond donors (Lipinski definition) is 2. The minimum atomic E-state index is -0.867. The molecule has 2 rings (SSSR count). The van der Waals surface area contributed by atoms with E-state index < -0.39 is 5.97 Å². The molecule has 1 fully saturated rings. The minimum Gasteiger partial charge on any atom is -0.478 e. The number of carboxylic acids is 1. The predicted octanol–water partition coefficient (Wildman–Crippen LogP) is 4.07. The van der Waals surface area contributed by atoms with Gasteiger partial charge in [0.05, 0.1) is 5.56 Å². The highest BCUT2D eigenvalue weighted by molar-refractivity contribution is 5.89. The number of hydrogen-bond acceptors (Lipinski definition) is 2. The van der Waals surface area contributed by atoms with Crippen molar-refractivity contribution in [3.05, 3.63) is 29.3 Å². The van der Waals surface area contributed by atoms with Crippen LogP contribution in [0.5, 0.6) is 0 Å². The third-order valence-corrected chi connectivity index (χ3v) is 4.22. The molecule has 19 heavy (non-hydrogen) atoms. The molecule has 1 aliphatic rings. The summed E-state index contributed by atoms with van der Waals surface area (Å²) in [5.74, 6) is -0.157. The Labute approximate surface area is 115 Å². The second-order valence-corrected chi connectivity index (χ2v) is 5.67. The number of nitrogens with one attached hydrogen (secondary N) is 1. The van der Waals surface area contributed by atoms with Crippen molar-refractivity contribution in [3.8, 4) is 0 Å². The molecule has 0 aliphatic heterocycles. The van der Waals surface area contributed by atoms with Crippen LogP contribution in [0.15, 0.2) is 18.2 Å². The highest BCUT2D eigenvalue weighted by Gasteiger charge is 2.20. The van der Waals surface area contributed by atoms with Crippen molar-refractivity contribution in [2.75, 3.05) is 5.32 Å². The van der Waals surface area contributed by atoms with Crippen LogP contribution < -0.4 is 5.32 Å². The zero-order valence-corrected chi connectivity index (χ0v) is 11.8. The number of aryl methyl sites for hydroxylation is 1. The molecule has 1 unspecified atom stereocenters. The Kier molecular flexibility index (Phi) is 4.46. The zero-order valence-electron chi connectivity index (χ0n) is 11.8. The van der Waals surface area contributed by atoms with Crippen LogP contribution in [0.1, 0.15) is 54.9 Å². The van der Waals surface area contributed by atoms with E-state index in [1.165, 1.54) is 32.1 Å². The van der Waals surface area contributed by atoms with Crippen LogP contribution in [0.2, 0.25) is 0 Å². The lowest BCUT2D eigenvalue weighted by molar-refractivity contribution is 0.0697. The topological polar surface area (TPSA) is 49.3 Å². The summed E-state index contributed by atoms with van der Waals surface area (Å²) in [6, 6.07) is 5.69. The van der Waals surface area contributed by atoms with Crippen LogP contribution in [0.3, 0.4) is 0 Å². The normalized spacial score (nSPS) is 18.0. The number of benzene rings is 1. The van der Waals surface area contributed by atoms with Gasteiger partial charge in [0.25, 0.3) is 0 Å². The summed E-state index contributed by atoms with van der Waals surface area (Å²) in [5, 5.41) is 12.6. The first-order chi connectivity index (χ1) is 9.08. The number of aromatic carboxylic acids is 1. The van der Waals surface area contributed by atoms with Crippen molar-refractivity contribution < 1.29 is 9.90 Å². The Morgan fingerprint density at radius 1 is 1.32 bits per heavy atom. The summed E-state index contributed by atoms with van der Waals surface area (Å²) in [5.41, 5.74) is 2.41. The molecule has 3 nitrogen and oxygen atoms in total. The molecule has 0 aromatic heterocycles. The lowest BCUT2D eigenvalue weighted by atomic mass is 9.84. The smallest absolute Gasteiger partial charge is 0.335 e. The molecule has 1 atom stereocenters. The average Bonchev–Trinajstić information content (AvgIpc) is 2.42. The van der Waals surface area contributed by atoms with Crippen molar-refractivity contribution in [3.63, 3.8) is 0 Å². The molecule has 0 spiro atoms. The van der Waals surface area contributed by atoms with Gasteiger partial charge in [0.15, 0.2) is 0 Å². The van der Waals surface area contributed by atoms with Crippen molar-refractivity contribution in [2.24, 2.45) is 5.92 Å². The lowest BCUT2D eigenvalue weighted by Gasteiger charge is -2.29. The second kappa shape index (κ2) is 6.09. The number of rotatable bonds is 4. The molecule has 0 heterocycles. The van der Waals surface area contributed by atoms with Gasteiger partial charge in [0, 0.05) is 11.7 Å². The van der Waals surface area contributed by atoms with E-state index in [4.69, 9.17) is 5.11 Å². The fraction of sp³-hybridized carbons (Fsp3) is 0.562. The Morgan fingerprint density at radius 2 is 2.00 bits per heavy atom. The van der Waals surface area contributed by atoms with Gasteiger partial charge < -0.3 is 10.4 Å². The maximum Gasteiger partial charge on any atom is 0.335 e. The molecule has 1 aromatic carbocycles. The van der Waals surface area contributed by atoms with Crippen molar-refractivity contribution in [1.82, 2.24) is 0 Å². The number of anilines is 1. The van der Waals surface area contributed by atoms with Crippen LogP contribution in [-0.2, 0) is 0 Å². The van der Waals surface area contributed by atoms with Crippen molar-refractivity contribution in [2.45, 2.75) is 52.0 Å². The van der Waals surface area contributed by atoms with E-state index >= 15 is 0 Å². The summed E-state index contributed by atoms with van der Waals surface area (Å²) >= 11 is 0. The standard InChI is InChI=1S/C16H23NO2/c1-11-8-9-14(16(18)19)10-15(11)17-12(2)13-6-4-3-5-7-13/h8-10,12-13,17H,3-7H2,1-2H3,(H,18,19). The van der Waals surface area contributed by atoms with E-state index in [1.54, 1.807) is 12.1 Å². The average molecular weight is 261 g/mol. The van der Waals surface area contributed by atoms with Crippen molar-refractivity contribution >= 4 is 11.7 Å². The van der Waals surface area contributed by atoms with Gasteiger partial charge >= 0.3 is 5.97 Å². The van der Waals surface area contributed by atoms with Crippen LogP contribution in [0.4, 0.5) is 5.69 Å². The summed E-state index contributed by atoms with van der Waals surface area (Å²) in [6.07, 6.45) is 6.57. The predicted molar refractivity (Wildman–Crippen MR) is 77.8 cm³/mol. The molecule has 0 radical (unpaired) electrons. The summed E-state index contributed by atoms with van der Waals surface area (Å²) in [4.78, 5) is 11.0. The summed E-state index contributed by atoms with van der Waals surface area (Å²) < 4.78 is 0. The monoisotopic (exact) mass is 261 g/mol. The Morgan fingerprint density at radius 3 is 2.63 bits per heavy atom. The highest BCUT2D eigenvalue weighted by Crippen LogP contribution is 2.29. The molecule has 0 bridgehead atoms. The van der Waals surface area contributed by atoms with Crippen LogP contribution in [0.25, 0.3) is 0 Å². The minimum absolute atomic E-state index is 0.351. The highest BCUT2D eigenvalue weighted by atomic mass is 16.4. The summed E-state index contributed by atoms with van der Waals surface area (Å²) in [6.45, 7) is 4.23. The molecule has 2 N–H and O–H groups in total. The molecule has 1 saturated carbocycles. The molecule has 0 amide bonds. The first-order valence-corrected chi connectivity index (χ1v) is 7.18. The first-order valence-electron chi connectivity index (χ1n) is 7.18. The third kappa shape index (κ3) is 3.49. The molecule has 104 valence electrons. The fourth-order valence-corrected chi connectivity index (χ4v) is 2.91. The third-order valence-electron chi connectivity index (χ3n) is 4.22. The van der Waals surface area contributed by atoms with Gasteiger partial charge in [-0.15, -0.1) is 0 Å². The van der Waals surface area contributed by atoms with Crippen LogP contribution >= 0.6 is 0 Å². The van der Waals surface area contributed by atoms with E-state index in [0.717, 1.165) is 11.3 Å². The van der Waals surface area contributed by atoms with E-state index in [9.17, 15) is 4.79 Å². The second-order valence-electron chi connectivity index (χ2n) is 5.67. The van der Waals surface area contributed by atoms with Gasteiger partial charge in [0.2, 0.25) is 0 Å². The van der Waals surface area contributed by atoms with Crippen molar-refractivity contribution in [1.29, 1.82) is 0 Å². The summed E-state index contributed by atoms with van der Waals surface area (Å²) in [7, 11) is 0. The van der Waals surface area contributed by atoms with Gasteiger partial charge in [-0.3, -0.25) is 0 Å². The van der Waals surface area contributed by atoms with Gasteiger partial charge in [0.1, 0.15) is 0 Å². The van der Waals surface area contributed by atoms with Gasteiger partial charge in [-0.25, -0.2) is 4.79 Å². The van der Waals surface area contributed by atoms with E-state index in [0.29, 0.717) is 17.5 Å². The first kappa shape index (κ1) is 13.9. The van der Waals surface area contributed by atoms with E-state index in [2.05, 4.69) is 12.2 Å². The van der Waals surface area contributed by atoms with Gasteiger partial charge in [-0.05, 0) is 50.3 Å². The van der Waals surface area contributed by atoms with Crippen LogP contribution in [-0.4, -0.2) is 17.1 Å². The zero-order chi connectivity index (χ0) is 13.8. The Bertz CT molecular complexity index is 450. The van der Waals surface area contributed by atoms with Gasteiger partial charge in [-0.2, -0.15) is 0 Å². The SMILES string of the molecule is Cc1ccc(C(=O)O)cc1NC(C)C1CCCCC1. The quantitative estimate of drug-likeness (QED) is 0.858. The molecule has 1 aliphatic carbocycles. The molecule has 1 aromatic rings.